The monoisotopic (exact) mass is 458 g/mol. The van der Waals surface area contributed by atoms with Crippen molar-refractivity contribution in [2.45, 2.75) is 50.4 Å². The van der Waals surface area contributed by atoms with Crippen LogP contribution in [0.25, 0.3) is 0 Å². The van der Waals surface area contributed by atoms with Crippen molar-refractivity contribution in [3.63, 3.8) is 0 Å². The molecule has 2 aromatic rings. The van der Waals surface area contributed by atoms with Gasteiger partial charge in [-0.3, -0.25) is 0 Å². The fraction of sp³-hybridized carbons (Fsp3) is 0.522. The fourth-order valence-electron chi connectivity index (χ4n) is 4.74. The van der Waals surface area contributed by atoms with Crippen molar-refractivity contribution in [2.75, 3.05) is 31.6 Å². The van der Waals surface area contributed by atoms with E-state index in [0.717, 1.165) is 43.4 Å². The van der Waals surface area contributed by atoms with Crippen LogP contribution in [0.1, 0.15) is 42.1 Å². The number of aromatic nitrogens is 2. The van der Waals surface area contributed by atoms with E-state index < -0.39 is 11.6 Å². The Balaban J connectivity index is 1.23. The number of anilines is 1. The van der Waals surface area contributed by atoms with Gasteiger partial charge in [-0.05, 0) is 55.5 Å². The topological polar surface area (TPSA) is 91.4 Å². The van der Waals surface area contributed by atoms with Gasteiger partial charge in [0, 0.05) is 32.0 Å². The van der Waals surface area contributed by atoms with Gasteiger partial charge in [0.05, 0.1) is 24.3 Å². The van der Waals surface area contributed by atoms with Crippen LogP contribution in [0, 0.1) is 11.6 Å². The molecule has 8 nitrogen and oxygen atoms in total. The second kappa shape index (κ2) is 9.56. The van der Waals surface area contributed by atoms with E-state index in [4.69, 9.17) is 4.74 Å². The van der Waals surface area contributed by atoms with Gasteiger partial charge in [-0.1, -0.05) is 6.07 Å². The lowest BCUT2D eigenvalue weighted by Gasteiger charge is -2.31. The lowest BCUT2D eigenvalue weighted by atomic mass is 10.0. The number of hydrogen-bond acceptors (Lipinski definition) is 6. The Hall–Kier alpha value is -2.85. The molecule has 2 amide bonds. The minimum atomic E-state index is -0.885. The van der Waals surface area contributed by atoms with Gasteiger partial charge in [-0.25, -0.2) is 23.5 Å². The van der Waals surface area contributed by atoms with Crippen molar-refractivity contribution in [1.82, 2.24) is 25.5 Å². The van der Waals surface area contributed by atoms with Crippen molar-refractivity contribution in [1.29, 1.82) is 0 Å². The van der Waals surface area contributed by atoms with Crippen LogP contribution in [0.2, 0.25) is 0 Å². The van der Waals surface area contributed by atoms with Crippen LogP contribution < -0.4 is 16.0 Å². The number of halogens is 2. The first kappa shape index (κ1) is 22.0. The molecule has 176 valence electrons. The Morgan fingerprint density at radius 3 is 2.85 bits per heavy atom. The standard InChI is InChI=1S/C23H28F2N6O2/c24-17-2-1-14(11-18(17)25)21-19(3-7-26-21)30-23(32)31-8-4-15-12-27-22(29-20(15)13-31)28-16-5-9-33-10-6-16/h1-2,11-12,16,19,21,26H,3-10,13H2,(H,30,32)(H,27,28,29)/t19-,21+/m1/s1. The molecule has 10 heteroatoms. The maximum Gasteiger partial charge on any atom is 0.318 e. The van der Waals surface area contributed by atoms with E-state index in [9.17, 15) is 13.6 Å². The Kier molecular flexibility index (Phi) is 6.37. The first-order valence-electron chi connectivity index (χ1n) is 11.5. The number of urea groups is 1. The fourth-order valence-corrected chi connectivity index (χ4v) is 4.74. The zero-order chi connectivity index (χ0) is 22.8. The zero-order valence-electron chi connectivity index (χ0n) is 18.3. The highest BCUT2D eigenvalue weighted by Crippen LogP contribution is 2.26. The van der Waals surface area contributed by atoms with Crippen LogP contribution >= 0.6 is 0 Å². The zero-order valence-corrected chi connectivity index (χ0v) is 18.3. The largest absolute Gasteiger partial charge is 0.381 e. The minimum absolute atomic E-state index is 0.181. The number of nitrogens with zero attached hydrogens (tertiary/aromatic N) is 3. The Morgan fingerprint density at radius 1 is 1.18 bits per heavy atom. The smallest absolute Gasteiger partial charge is 0.318 e. The molecule has 5 rings (SSSR count). The summed E-state index contributed by atoms with van der Waals surface area (Å²) in [5.41, 5.74) is 2.53. The molecule has 0 saturated carbocycles. The highest BCUT2D eigenvalue weighted by atomic mass is 19.2. The summed E-state index contributed by atoms with van der Waals surface area (Å²) in [7, 11) is 0. The lowest BCUT2D eigenvalue weighted by molar-refractivity contribution is 0.0903. The molecule has 3 aliphatic heterocycles. The number of benzene rings is 1. The molecule has 2 saturated heterocycles. The van der Waals surface area contributed by atoms with E-state index in [1.807, 2.05) is 6.20 Å². The number of rotatable bonds is 4. The molecule has 4 heterocycles. The molecule has 0 radical (unpaired) electrons. The summed E-state index contributed by atoms with van der Waals surface area (Å²) in [6.07, 6.45) is 5.09. The molecule has 3 aliphatic rings. The van der Waals surface area contributed by atoms with Crippen molar-refractivity contribution in [3.05, 3.63) is 52.9 Å². The third-order valence-electron chi connectivity index (χ3n) is 6.62. The first-order valence-corrected chi connectivity index (χ1v) is 11.5. The highest BCUT2D eigenvalue weighted by Gasteiger charge is 2.32. The molecule has 3 N–H and O–H groups in total. The van der Waals surface area contributed by atoms with Gasteiger partial charge in [-0.15, -0.1) is 0 Å². The molecule has 0 spiro atoms. The predicted molar refractivity (Wildman–Crippen MR) is 118 cm³/mol. The summed E-state index contributed by atoms with van der Waals surface area (Å²) in [6.45, 7) is 3.13. The molecule has 1 aromatic heterocycles. The normalized spacial score (nSPS) is 23.3. The van der Waals surface area contributed by atoms with Crippen molar-refractivity contribution in [3.8, 4) is 0 Å². The number of fused-ring (bicyclic) bond motifs is 1. The van der Waals surface area contributed by atoms with Crippen LogP contribution in [-0.2, 0) is 17.7 Å². The average molecular weight is 459 g/mol. The molecule has 1 aromatic carbocycles. The maximum absolute atomic E-state index is 13.7. The molecule has 2 atom stereocenters. The highest BCUT2D eigenvalue weighted by molar-refractivity contribution is 5.75. The predicted octanol–water partition coefficient (Wildman–Crippen LogP) is 2.52. The summed E-state index contributed by atoms with van der Waals surface area (Å²) >= 11 is 0. The lowest BCUT2D eigenvalue weighted by Crippen LogP contribution is -2.48. The molecule has 33 heavy (non-hydrogen) atoms. The quantitative estimate of drug-likeness (QED) is 0.652. The van der Waals surface area contributed by atoms with E-state index in [1.165, 1.54) is 6.07 Å². The Morgan fingerprint density at radius 2 is 2.03 bits per heavy atom. The second-order valence-corrected chi connectivity index (χ2v) is 8.82. The van der Waals surface area contributed by atoms with E-state index in [0.29, 0.717) is 50.0 Å². The number of ether oxygens (including phenoxy) is 1. The van der Waals surface area contributed by atoms with Gasteiger partial charge in [0.2, 0.25) is 5.95 Å². The molecule has 0 bridgehead atoms. The van der Waals surface area contributed by atoms with Crippen LogP contribution in [0.4, 0.5) is 19.5 Å². The molecular formula is C23H28F2N6O2. The van der Waals surface area contributed by atoms with Crippen molar-refractivity contribution < 1.29 is 18.3 Å². The number of amides is 2. The van der Waals surface area contributed by atoms with Gasteiger partial charge in [0.1, 0.15) is 0 Å². The number of carbonyl (C=O) groups is 1. The van der Waals surface area contributed by atoms with E-state index in [-0.39, 0.29) is 18.1 Å². The van der Waals surface area contributed by atoms with Gasteiger partial charge in [-0.2, -0.15) is 0 Å². The number of hydrogen-bond donors (Lipinski definition) is 3. The Labute approximate surface area is 191 Å². The summed E-state index contributed by atoms with van der Waals surface area (Å²) in [6, 6.07) is 3.51. The van der Waals surface area contributed by atoms with E-state index in [2.05, 4.69) is 25.9 Å². The molecular weight excluding hydrogens is 430 g/mol. The van der Waals surface area contributed by atoms with Crippen LogP contribution in [0.3, 0.4) is 0 Å². The van der Waals surface area contributed by atoms with Crippen LogP contribution in [0.5, 0.6) is 0 Å². The molecule has 2 fully saturated rings. The second-order valence-electron chi connectivity index (χ2n) is 8.82. The van der Waals surface area contributed by atoms with Crippen molar-refractivity contribution >= 4 is 12.0 Å². The molecule has 0 aliphatic carbocycles. The first-order chi connectivity index (χ1) is 16.1. The van der Waals surface area contributed by atoms with Gasteiger partial charge in [0.15, 0.2) is 11.6 Å². The van der Waals surface area contributed by atoms with Crippen molar-refractivity contribution in [2.24, 2.45) is 0 Å². The third-order valence-corrected chi connectivity index (χ3v) is 6.62. The van der Waals surface area contributed by atoms with Crippen LogP contribution in [-0.4, -0.2) is 59.3 Å². The Bertz CT molecular complexity index is 1020. The summed E-state index contributed by atoms with van der Waals surface area (Å²) in [5, 5.41) is 9.74. The van der Waals surface area contributed by atoms with Gasteiger partial charge >= 0.3 is 6.03 Å². The van der Waals surface area contributed by atoms with E-state index >= 15 is 0 Å². The van der Waals surface area contributed by atoms with E-state index in [1.54, 1.807) is 11.0 Å². The van der Waals surface area contributed by atoms with Gasteiger partial charge < -0.3 is 25.6 Å². The molecule has 0 unspecified atom stereocenters. The number of nitrogens with one attached hydrogen (secondary N) is 3. The summed E-state index contributed by atoms with van der Waals surface area (Å²) < 4.78 is 32.4. The third kappa shape index (κ3) is 4.91. The number of carbonyl (C=O) groups excluding carboxylic acids is 1. The summed E-state index contributed by atoms with van der Waals surface area (Å²) in [5.74, 6) is -1.18. The maximum atomic E-state index is 13.7. The van der Waals surface area contributed by atoms with Crippen LogP contribution in [0.15, 0.2) is 24.4 Å². The SMILES string of the molecule is O=C(N[C@@H]1CCN[C@H]1c1ccc(F)c(F)c1)N1CCc2cnc(NC3CCOCC3)nc2C1. The summed E-state index contributed by atoms with van der Waals surface area (Å²) in [4.78, 5) is 23.9. The van der Waals surface area contributed by atoms with Gasteiger partial charge in [0.25, 0.3) is 0 Å². The average Bonchev–Trinajstić information content (AvgIpc) is 3.29. The minimum Gasteiger partial charge on any atom is -0.381 e.